The van der Waals surface area contributed by atoms with Gasteiger partial charge in [0.2, 0.25) is 5.43 Å². The molecule has 0 spiro atoms. The Morgan fingerprint density at radius 2 is 1.78 bits per heavy atom. The maximum Gasteiger partial charge on any atom is 0.407 e. The van der Waals surface area contributed by atoms with Crippen LogP contribution in [0.1, 0.15) is 64.7 Å². The van der Waals surface area contributed by atoms with Crippen molar-refractivity contribution in [3.05, 3.63) is 98.7 Å². The average molecular weight is 627 g/mol. The molecule has 238 valence electrons. The summed E-state index contributed by atoms with van der Waals surface area (Å²) in [6.45, 7) is 3.40. The molecule has 3 heterocycles. The molecule has 1 saturated heterocycles. The van der Waals surface area contributed by atoms with E-state index >= 15 is 0 Å². The molecule has 13 heteroatoms. The lowest BCUT2D eigenvalue weighted by atomic mass is 9.99. The predicted molar refractivity (Wildman–Crippen MR) is 156 cm³/mol. The molecule has 10 nitrogen and oxygen atoms in total. The quantitative estimate of drug-likeness (QED) is 0.421. The fourth-order valence-corrected chi connectivity index (χ4v) is 5.45. The zero-order valence-electron chi connectivity index (χ0n) is 24.8. The van der Waals surface area contributed by atoms with Gasteiger partial charge in [-0.25, -0.2) is 18.0 Å². The van der Waals surface area contributed by atoms with Gasteiger partial charge in [-0.3, -0.25) is 14.4 Å². The second kappa shape index (κ2) is 13.4. The predicted octanol–water partition coefficient (Wildman–Crippen LogP) is 4.32. The first-order valence-corrected chi connectivity index (χ1v) is 14.6. The minimum absolute atomic E-state index is 0.107. The molecule has 5 rings (SSSR count). The Morgan fingerprint density at radius 3 is 2.49 bits per heavy atom. The molecule has 2 bridgehead atoms. The van der Waals surface area contributed by atoms with Crippen LogP contribution in [0.4, 0.5) is 18.0 Å². The van der Waals surface area contributed by atoms with E-state index in [1.54, 1.807) is 35.2 Å². The van der Waals surface area contributed by atoms with Gasteiger partial charge in [-0.2, -0.15) is 0 Å². The molecule has 2 aliphatic rings. The molecular formula is C32H33F3N4O6. The van der Waals surface area contributed by atoms with Gasteiger partial charge in [0.05, 0.1) is 6.04 Å². The van der Waals surface area contributed by atoms with Crippen molar-refractivity contribution in [3.8, 4) is 5.75 Å². The van der Waals surface area contributed by atoms with E-state index < -0.39 is 64.5 Å². The lowest BCUT2D eigenvalue weighted by Gasteiger charge is -2.40. The Bertz CT molecular complexity index is 1640. The van der Waals surface area contributed by atoms with Crippen molar-refractivity contribution >= 4 is 17.9 Å². The van der Waals surface area contributed by atoms with E-state index in [9.17, 15) is 32.3 Å². The number of hydrogen-bond acceptors (Lipinski definition) is 6. The highest BCUT2D eigenvalue weighted by Gasteiger charge is 2.39. The van der Waals surface area contributed by atoms with Gasteiger partial charge in [-0.05, 0) is 31.2 Å². The van der Waals surface area contributed by atoms with Crippen molar-refractivity contribution in [2.75, 3.05) is 19.7 Å². The summed E-state index contributed by atoms with van der Waals surface area (Å²) in [4.78, 5) is 55.3. The molecular weight excluding hydrogens is 593 g/mol. The number of alkyl carbamates (subject to hydrolysis) is 1. The summed E-state index contributed by atoms with van der Waals surface area (Å²) in [6, 6.07) is 8.90. The van der Waals surface area contributed by atoms with E-state index in [4.69, 9.17) is 9.47 Å². The van der Waals surface area contributed by atoms with Gasteiger partial charge in [-0.1, -0.05) is 37.3 Å². The van der Waals surface area contributed by atoms with Gasteiger partial charge in [0, 0.05) is 49.6 Å². The largest absolute Gasteiger partial charge is 0.483 e. The number of benzene rings is 2. The van der Waals surface area contributed by atoms with Crippen LogP contribution in [0.25, 0.3) is 0 Å². The molecule has 0 radical (unpaired) electrons. The van der Waals surface area contributed by atoms with Crippen LogP contribution in [-0.2, 0) is 17.9 Å². The van der Waals surface area contributed by atoms with E-state index in [0.29, 0.717) is 37.1 Å². The lowest BCUT2D eigenvalue weighted by Crippen LogP contribution is -2.51. The Morgan fingerprint density at radius 1 is 1.07 bits per heavy atom. The average Bonchev–Trinajstić information content (AvgIpc) is 3.01. The Kier molecular flexibility index (Phi) is 9.45. The molecule has 0 unspecified atom stereocenters. The highest BCUT2D eigenvalue weighted by Crippen LogP contribution is 2.31. The summed E-state index contributed by atoms with van der Waals surface area (Å²) < 4.78 is 54.7. The van der Waals surface area contributed by atoms with Crippen LogP contribution >= 0.6 is 0 Å². The third kappa shape index (κ3) is 6.97. The number of halogens is 3. The summed E-state index contributed by atoms with van der Waals surface area (Å²) in [7, 11) is 0. The van der Waals surface area contributed by atoms with Crippen LogP contribution in [0.15, 0.2) is 53.5 Å². The second-order valence-corrected chi connectivity index (χ2v) is 11.4. The van der Waals surface area contributed by atoms with Gasteiger partial charge in [0.15, 0.2) is 11.4 Å². The minimum Gasteiger partial charge on any atom is -0.483 e. The summed E-state index contributed by atoms with van der Waals surface area (Å²) in [5, 5.41) is 5.04. The minimum atomic E-state index is -1.21. The molecule has 2 aliphatic heterocycles. The monoisotopic (exact) mass is 626 g/mol. The molecule has 1 aromatic heterocycles. The molecule has 0 aliphatic carbocycles. The Hall–Kier alpha value is -4.81. The summed E-state index contributed by atoms with van der Waals surface area (Å²) in [5.41, 5.74) is -1.40. The molecule has 2 N–H and O–H groups in total. The first kappa shape index (κ1) is 31.6. The van der Waals surface area contributed by atoms with Gasteiger partial charge in [-0.15, -0.1) is 0 Å². The van der Waals surface area contributed by atoms with Gasteiger partial charge in [0.25, 0.3) is 11.8 Å². The van der Waals surface area contributed by atoms with Gasteiger partial charge < -0.3 is 29.6 Å². The number of fused-ring (bicyclic) bond motifs is 4. The zero-order chi connectivity index (χ0) is 32.2. The molecule has 2 aromatic carbocycles. The number of rotatable bonds is 6. The lowest BCUT2D eigenvalue weighted by molar-refractivity contribution is 0.0475. The third-order valence-corrected chi connectivity index (χ3v) is 8.07. The normalized spacial score (nSPS) is 20.2. The number of ether oxygens (including phenoxy) is 2. The van der Waals surface area contributed by atoms with E-state index in [-0.39, 0.29) is 43.2 Å². The smallest absolute Gasteiger partial charge is 0.407 e. The number of pyridine rings is 1. The molecule has 3 aromatic rings. The van der Waals surface area contributed by atoms with Crippen LogP contribution in [-0.4, -0.2) is 53.1 Å². The molecule has 0 saturated carbocycles. The number of cyclic esters (lactones) is 1. The van der Waals surface area contributed by atoms with Crippen LogP contribution in [0.2, 0.25) is 0 Å². The van der Waals surface area contributed by atoms with E-state index in [2.05, 4.69) is 10.6 Å². The number of nitrogens with one attached hydrogen (secondary N) is 2. The van der Waals surface area contributed by atoms with Gasteiger partial charge in [0.1, 0.15) is 36.2 Å². The number of amides is 3. The van der Waals surface area contributed by atoms with Crippen LogP contribution < -0.4 is 20.8 Å². The third-order valence-electron chi connectivity index (χ3n) is 8.07. The van der Waals surface area contributed by atoms with Gasteiger partial charge >= 0.3 is 6.09 Å². The summed E-state index contributed by atoms with van der Waals surface area (Å²) in [6.07, 6.45) is 1.87. The van der Waals surface area contributed by atoms with Crippen molar-refractivity contribution in [2.45, 2.75) is 51.9 Å². The first-order valence-electron chi connectivity index (χ1n) is 14.6. The van der Waals surface area contributed by atoms with E-state index in [0.717, 1.165) is 0 Å². The summed E-state index contributed by atoms with van der Waals surface area (Å²) >= 11 is 0. The number of hydrogen-bond donors (Lipinski definition) is 2. The van der Waals surface area contributed by atoms with E-state index in [1.165, 1.54) is 10.8 Å². The molecule has 1 fully saturated rings. The Balaban J connectivity index is 1.57. The standard InChI is InChI=1S/C32H33F3N4O6/c1-18-8-9-19(2)38-14-22(17-45-32(43)37-12-18)39-15-24(30(41)36-13-23-25(34)10-21(33)11-26(23)35)28(40)29(27(39)31(38)42)44-16-20-6-4-3-5-7-20/h3-7,10-11,15,18-19,22H,8-9,12-14,16-17H2,1-2H3,(H,36,41)(H,37,43)/t18-,19-,22+/m0/s1. The fourth-order valence-electron chi connectivity index (χ4n) is 5.45. The van der Waals surface area contributed by atoms with Crippen LogP contribution in [0, 0.1) is 23.4 Å². The highest BCUT2D eigenvalue weighted by molar-refractivity contribution is 5.99. The fraction of sp³-hybridized carbons (Fsp3) is 0.375. The molecule has 3 atom stereocenters. The Labute approximate surface area is 257 Å². The van der Waals surface area contributed by atoms with Crippen molar-refractivity contribution in [2.24, 2.45) is 5.92 Å². The summed E-state index contributed by atoms with van der Waals surface area (Å²) in [5.74, 6) is -5.29. The van der Waals surface area contributed by atoms with Crippen LogP contribution in [0.3, 0.4) is 0 Å². The molecule has 45 heavy (non-hydrogen) atoms. The highest BCUT2D eigenvalue weighted by atomic mass is 19.1. The first-order chi connectivity index (χ1) is 21.5. The topological polar surface area (TPSA) is 119 Å². The number of aromatic nitrogens is 1. The van der Waals surface area contributed by atoms with Crippen molar-refractivity contribution < 1.29 is 37.0 Å². The van der Waals surface area contributed by atoms with Crippen molar-refractivity contribution in [1.82, 2.24) is 20.1 Å². The number of carbonyl (C=O) groups is 3. The van der Waals surface area contributed by atoms with Crippen molar-refractivity contribution in [1.29, 1.82) is 0 Å². The van der Waals surface area contributed by atoms with E-state index in [1.807, 2.05) is 13.8 Å². The van der Waals surface area contributed by atoms with Crippen LogP contribution in [0.5, 0.6) is 5.75 Å². The maximum atomic E-state index is 14.2. The second-order valence-electron chi connectivity index (χ2n) is 11.4. The zero-order valence-corrected chi connectivity index (χ0v) is 24.8. The SMILES string of the molecule is C[C@H]1CC[C@H](C)N2C[C@H](COC(=O)NC1)n1cc(C(=O)NCc3c(F)cc(F)cc3F)c(=O)c(OCc3ccccc3)c1C2=O. The maximum absolute atomic E-state index is 14.2. The number of nitrogens with zero attached hydrogens (tertiary/aromatic N) is 2. The molecule has 3 amide bonds. The number of carbonyl (C=O) groups excluding carboxylic acids is 3. The van der Waals surface area contributed by atoms with Crippen molar-refractivity contribution in [3.63, 3.8) is 0 Å².